The zero-order valence-corrected chi connectivity index (χ0v) is 23.7. The molecule has 2 amide bonds. The van der Waals surface area contributed by atoms with Crippen LogP contribution in [0.15, 0.2) is 48.7 Å². The van der Waals surface area contributed by atoms with Crippen LogP contribution < -0.4 is 15.4 Å². The summed E-state index contributed by atoms with van der Waals surface area (Å²) in [5, 5.41) is 24.8. The number of ether oxygens (including phenoxy) is 1. The predicted molar refractivity (Wildman–Crippen MR) is 151 cm³/mol. The molecule has 0 saturated heterocycles. The Morgan fingerprint density at radius 3 is 2.38 bits per heavy atom. The molecule has 1 heterocycles. The van der Waals surface area contributed by atoms with Crippen molar-refractivity contribution in [2.45, 2.75) is 58.2 Å². The van der Waals surface area contributed by atoms with E-state index in [2.05, 4.69) is 15.6 Å². The van der Waals surface area contributed by atoms with Crippen molar-refractivity contribution in [3.05, 3.63) is 70.6 Å². The fourth-order valence-corrected chi connectivity index (χ4v) is 4.53. The Morgan fingerprint density at radius 1 is 1.10 bits per heavy atom. The molecule has 3 aromatic rings. The molecule has 0 fully saturated rings. The number of aliphatic carboxylic acids is 1. The van der Waals surface area contributed by atoms with Gasteiger partial charge in [0.25, 0.3) is 5.91 Å². The van der Waals surface area contributed by atoms with Crippen molar-refractivity contribution in [3.8, 4) is 17.0 Å². The number of imidazole rings is 1. The number of carbonyl (C=O) groups is 3. The molecule has 2 atom stereocenters. The second-order valence-electron chi connectivity index (χ2n) is 9.84. The summed E-state index contributed by atoms with van der Waals surface area (Å²) < 4.78 is 7.33. The van der Waals surface area contributed by atoms with Crippen molar-refractivity contribution < 1.29 is 29.3 Å². The lowest BCUT2D eigenvalue weighted by atomic mass is 10.0. The molecule has 0 aliphatic rings. The number of carbonyl (C=O) groups excluding carboxylic acids is 2. The molecule has 0 radical (unpaired) electrons. The normalized spacial score (nSPS) is 12.6. The Morgan fingerprint density at radius 2 is 1.80 bits per heavy atom. The Hall–Kier alpha value is -3.89. The third-order valence-electron chi connectivity index (χ3n) is 6.08. The van der Waals surface area contributed by atoms with Gasteiger partial charge in [-0.1, -0.05) is 35.9 Å². The first kappa shape index (κ1) is 30.6. The SMILES string of the molecule is CC(=O)N[C@H](CC(=O)O)c1nc(-c2ccc(C[C@@H](CCO)NC(=O)c3ccc(OC(C)C)c(Cl)c3)cc2)cn1C. The van der Waals surface area contributed by atoms with E-state index in [9.17, 15) is 24.6 Å². The summed E-state index contributed by atoms with van der Waals surface area (Å²) in [4.78, 5) is 40.4. The minimum Gasteiger partial charge on any atom is -0.489 e. The number of benzene rings is 2. The van der Waals surface area contributed by atoms with Crippen LogP contribution in [-0.4, -0.2) is 56.3 Å². The number of nitrogens with one attached hydrogen (secondary N) is 2. The third-order valence-corrected chi connectivity index (χ3v) is 6.38. The van der Waals surface area contributed by atoms with Gasteiger partial charge in [-0.05, 0) is 50.5 Å². The smallest absolute Gasteiger partial charge is 0.305 e. The molecule has 0 aliphatic carbocycles. The number of aliphatic hydroxyl groups excluding tert-OH is 1. The van der Waals surface area contributed by atoms with Crippen LogP contribution in [0.4, 0.5) is 0 Å². The maximum Gasteiger partial charge on any atom is 0.305 e. The predicted octanol–water partition coefficient (Wildman–Crippen LogP) is 3.90. The highest BCUT2D eigenvalue weighted by atomic mass is 35.5. The number of halogens is 1. The van der Waals surface area contributed by atoms with E-state index in [1.165, 1.54) is 6.92 Å². The Balaban J connectivity index is 1.71. The summed E-state index contributed by atoms with van der Waals surface area (Å²) in [6, 6.07) is 11.4. The summed E-state index contributed by atoms with van der Waals surface area (Å²) in [5.41, 5.74) is 2.78. The number of aromatic nitrogens is 2. The van der Waals surface area contributed by atoms with Crippen molar-refractivity contribution >= 4 is 29.4 Å². The second kappa shape index (κ2) is 14.0. The number of hydrogen-bond donors (Lipinski definition) is 4. The van der Waals surface area contributed by atoms with E-state index < -0.39 is 12.0 Å². The molecule has 11 heteroatoms. The average molecular weight is 571 g/mol. The standard InChI is InChI=1S/C29H35ClN4O6/c1-17(2)40-26-10-9-21(14-23(26)30)29(39)32-22(11-12-35)13-19-5-7-20(8-6-19)25-16-34(4)28(33-25)24(15-27(37)38)31-18(3)36/h5-10,14,16-17,22,24,35H,11-13,15H2,1-4H3,(H,31,36)(H,32,39)(H,37,38)/t22-,24-/m1/s1. The molecule has 40 heavy (non-hydrogen) atoms. The van der Waals surface area contributed by atoms with Crippen LogP contribution in [-0.2, 0) is 23.1 Å². The molecule has 214 valence electrons. The number of aliphatic hydroxyl groups is 1. The quantitative estimate of drug-likeness (QED) is 0.244. The number of aryl methyl sites for hydroxylation is 1. The molecule has 0 aliphatic heterocycles. The molecule has 0 bridgehead atoms. The Bertz CT molecular complexity index is 1320. The van der Waals surface area contributed by atoms with Crippen LogP contribution in [0.1, 0.15) is 61.4 Å². The highest BCUT2D eigenvalue weighted by molar-refractivity contribution is 6.32. The third kappa shape index (κ3) is 8.56. The number of amides is 2. The minimum absolute atomic E-state index is 0.0465. The van der Waals surface area contributed by atoms with Crippen molar-refractivity contribution in [1.29, 1.82) is 0 Å². The molecule has 0 unspecified atom stereocenters. The second-order valence-corrected chi connectivity index (χ2v) is 10.2. The molecule has 2 aromatic carbocycles. The van der Waals surface area contributed by atoms with E-state index >= 15 is 0 Å². The first-order valence-electron chi connectivity index (χ1n) is 13.0. The van der Waals surface area contributed by atoms with Gasteiger partial charge in [0.1, 0.15) is 11.6 Å². The number of nitrogens with zero attached hydrogens (tertiary/aromatic N) is 2. The maximum absolute atomic E-state index is 12.9. The number of hydrogen-bond acceptors (Lipinski definition) is 6. The summed E-state index contributed by atoms with van der Waals surface area (Å²) in [6.45, 7) is 5.02. The molecular weight excluding hydrogens is 536 g/mol. The summed E-state index contributed by atoms with van der Waals surface area (Å²) in [5.74, 6) is -0.745. The van der Waals surface area contributed by atoms with E-state index in [4.69, 9.17) is 16.3 Å². The van der Waals surface area contributed by atoms with Crippen molar-refractivity contribution in [3.63, 3.8) is 0 Å². The largest absolute Gasteiger partial charge is 0.489 e. The van der Waals surface area contributed by atoms with Gasteiger partial charge in [-0.15, -0.1) is 0 Å². The Kier molecular flexibility index (Phi) is 10.7. The maximum atomic E-state index is 12.9. The first-order valence-corrected chi connectivity index (χ1v) is 13.3. The van der Waals surface area contributed by atoms with E-state index in [-0.39, 0.29) is 37.0 Å². The lowest BCUT2D eigenvalue weighted by Gasteiger charge is -2.19. The van der Waals surface area contributed by atoms with Gasteiger partial charge in [0, 0.05) is 43.9 Å². The zero-order valence-electron chi connectivity index (χ0n) is 23.0. The van der Waals surface area contributed by atoms with Crippen molar-refractivity contribution in [2.75, 3.05) is 6.61 Å². The molecular formula is C29H35ClN4O6. The van der Waals surface area contributed by atoms with Crippen LogP contribution in [0.25, 0.3) is 11.3 Å². The van der Waals surface area contributed by atoms with E-state index in [1.807, 2.05) is 38.1 Å². The van der Waals surface area contributed by atoms with Crippen LogP contribution in [0.5, 0.6) is 5.75 Å². The summed E-state index contributed by atoms with van der Waals surface area (Å²) >= 11 is 6.29. The van der Waals surface area contributed by atoms with Crippen LogP contribution in [0, 0.1) is 0 Å². The molecule has 3 rings (SSSR count). The lowest BCUT2D eigenvalue weighted by Crippen LogP contribution is -2.37. The summed E-state index contributed by atoms with van der Waals surface area (Å²) in [7, 11) is 1.75. The molecule has 0 spiro atoms. The topological polar surface area (TPSA) is 143 Å². The average Bonchev–Trinajstić information content (AvgIpc) is 3.26. The minimum atomic E-state index is -1.04. The van der Waals surface area contributed by atoms with Gasteiger partial charge in [-0.25, -0.2) is 4.98 Å². The molecule has 10 nitrogen and oxygen atoms in total. The van der Waals surface area contributed by atoms with Gasteiger partial charge in [-0.3, -0.25) is 14.4 Å². The fourth-order valence-electron chi connectivity index (χ4n) is 4.31. The molecule has 1 aromatic heterocycles. The van der Waals surface area contributed by atoms with Crippen molar-refractivity contribution in [2.24, 2.45) is 7.05 Å². The van der Waals surface area contributed by atoms with Gasteiger partial charge in [0.05, 0.1) is 29.3 Å². The Labute approximate surface area is 238 Å². The van der Waals surface area contributed by atoms with Crippen molar-refractivity contribution in [1.82, 2.24) is 20.2 Å². The van der Waals surface area contributed by atoms with Gasteiger partial charge >= 0.3 is 5.97 Å². The van der Waals surface area contributed by atoms with Gasteiger partial charge in [-0.2, -0.15) is 0 Å². The lowest BCUT2D eigenvalue weighted by molar-refractivity contribution is -0.137. The monoisotopic (exact) mass is 570 g/mol. The molecule has 4 N–H and O–H groups in total. The number of carboxylic acids is 1. The highest BCUT2D eigenvalue weighted by Gasteiger charge is 2.22. The van der Waals surface area contributed by atoms with Gasteiger partial charge in [0.2, 0.25) is 5.91 Å². The number of carboxylic acid groups (broad SMARTS) is 1. The van der Waals surface area contributed by atoms with Gasteiger partial charge in [0.15, 0.2) is 0 Å². The van der Waals surface area contributed by atoms with Gasteiger partial charge < -0.3 is 30.2 Å². The fraction of sp³-hybridized carbons (Fsp3) is 0.379. The first-order chi connectivity index (χ1) is 19.0. The van der Waals surface area contributed by atoms with Crippen LogP contribution in [0.3, 0.4) is 0 Å². The van der Waals surface area contributed by atoms with E-state index in [1.54, 1.807) is 36.0 Å². The molecule has 0 saturated carbocycles. The summed E-state index contributed by atoms with van der Waals surface area (Å²) in [6.07, 6.45) is 2.30. The van der Waals surface area contributed by atoms with E-state index in [0.717, 1.165) is 11.1 Å². The van der Waals surface area contributed by atoms with Crippen LogP contribution >= 0.6 is 11.6 Å². The highest BCUT2D eigenvalue weighted by Crippen LogP contribution is 2.27. The van der Waals surface area contributed by atoms with Crippen LogP contribution in [0.2, 0.25) is 5.02 Å². The zero-order chi connectivity index (χ0) is 29.4. The number of rotatable bonds is 13. The van der Waals surface area contributed by atoms with E-state index in [0.29, 0.717) is 40.7 Å².